The van der Waals surface area contributed by atoms with Crippen molar-refractivity contribution < 1.29 is 22.7 Å². The molecule has 3 rings (SSSR count). The molecule has 0 radical (unpaired) electrons. The molecule has 0 saturated carbocycles. The van der Waals surface area contributed by atoms with Gasteiger partial charge in [-0.25, -0.2) is 0 Å². The summed E-state index contributed by atoms with van der Waals surface area (Å²) in [6.45, 7) is 3.77. The number of hydrogen-bond acceptors (Lipinski definition) is 3. The van der Waals surface area contributed by atoms with Crippen molar-refractivity contribution >= 4 is 11.6 Å². The highest BCUT2D eigenvalue weighted by molar-refractivity contribution is 5.95. The third kappa shape index (κ3) is 4.18. The molecule has 7 heteroatoms. The van der Waals surface area contributed by atoms with Crippen molar-refractivity contribution in [3.05, 3.63) is 59.2 Å². The fourth-order valence-corrected chi connectivity index (χ4v) is 3.18. The molecule has 1 saturated heterocycles. The lowest BCUT2D eigenvalue weighted by molar-refractivity contribution is -0.137. The van der Waals surface area contributed by atoms with Crippen LogP contribution >= 0.6 is 0 Å². The van der Waals surface area contributed by atoms with Crippen molar-refractivity contribution in [3.8, 4) is 5.75 Å². The summed E-state index contributed by atoms with van der Waals surface area (Å²) in [6, 6.07) is 10.6. The molecule has 0 bridgehead atoms. The van der Waals surface area contributed by atoms with Crippen molar-refractivity contribution in [1.29, 1.82) is 0 Å². The van der Waals surface area contributed by atoms with Crippen LogP contribution in [0.2, 0.25) is 0 Å². The van der Waals surface area contributed by atoms with Crippen LogP contribution < -0.4 is 9.64 Å². The summed E-state index contributed by atoms with van der Waals surface area (Å²) in [4.78, 5) is 16.3. The Morgan fingerprint density at radius 1 is 1.04 bits per heavy atom. The molecule has 27 heavy (non-hydrogen) atoms. The average Bonchev–Trinajstić information content (AvgIpc) is 2.67. The van der Waals surface area contributed by atoms with E-state index in [4.69, 9.17) is 4.74 Å². The van der Waals surface area contributed by atoms with Crippen LogP contribution in [0.1, 0.15) is 21.5 Å². The highest BCUT2D eigenvalue weighted by Gasteiger charge is 2.31. The van der Waals surface area contributed by atoms with Crippen molar-refractivity contribution in [2.75, 3.05) is 38.2 Å². The molecular formula is C20H21F3N2O2. The van der Waals surface area contributed by atoms with Gasteiger partial charge in [-0.2, -0.15) is 13.2 Å². The van der Waals surface area contributed by atoms with Crippen LogP contribution in [0, 0.1) is 6.92 Å². The van der Waals surface area contributed by atoms with E-state index in [2.05, 4.69) is 0 Å². The second kappa shape index (κ2) is 7.50. The lowest BCUT2D eigenvalue weighted by Gasteiger charge is -2.36. The molecule has 1 aliphatic rings. The standard InChI is InChI=1S/C20H21F3N2O2/c1-14-6-7-15(12-18(14)27-2)19(26)25-10-8-24(9-11-25)17-5-3-4-16(13-17)20(21,22)23/h3-7,12-13H,8-11H2,1-2H3. The normalized spacial score (nSPS) is 15.0. The predicted octanol–water partition coefficient (Wildman–Crippen LogP) is 3.98. The number of aryl methyl sites for hydroxylation is 1. The molecule has 1 amide bonds. The van der Waals surface area contributed by atoms with Gasteiger partial charge in [0, 0.05) is 37.4 Å². The number of alkyl halides is 3. The number of anilines is 1. The number of piperazine rings is 1. The first kappa shape index (κ1) is 19.1. The number of nitrogens with zero attached hydrogens (tertiary/aromatic N) is 2. The quantitative estimate of drug-likeness (QED) is 0.810. The van der Waals surface area contributed by atoms with Gasteiger partial charge in [-0.15, -0.1) is 0 Å². The molecule has 0 unspecified atom stereocenters. The van der Waals surface area contributed by atoms with E-state index in [1.165, 1.54) is 6.07 Å². The SMILES string of the molecule is COc1cc(C(=O)N2CCN(c3cccc(C(F)(F)F)c3)CC2)ccc1C. The maximum atomic E-state index is 12.9. The summed E-state index contributed by atoms with van der Waals surface area (Å²) in [6.07, 6.45) is -4.36. The lowest BCUT2D eigenvalue weighted by atomic mass is 10.1. The van der Waals surface area contributed by atoms with Crippen molar-refractivity contribution in [1.82, 2.24) is 4.90 Å². The maximum absolute atomic E-state index is 12.9. The highest BCUT2D eigenvalue weighted by Crippen LogP contribution is 2.32. The zero-order chi connectivity index (χ0) is 19.6. The molecule has 1 fully saturated rings. The number of benzene rings is 2. The molecule has 2 aromatic rings. The molecule has 1 heterocycles. The highest BCUT2D eigenvalue weighted by atomic mass is 19.4. The van der Waals surface area contributed by atoms with Gasteiger partial charge in [0.15, 0.2) is 0 Å². The first-order chi connectivity index (χ1) is 12.8. The minimum Gasteiger partial charge on any atom is -0.496 e. The Bertz CT molecular complexity index is 828. The predicted molar refractivity (Wildman–Crippen MR) is 97.3 cm³/mol. The molecule has 0 spiro atoms. The molecular weight excluding hydrogens is 357 g/mol. The first-order valence-corrected chi connectivity index (χ1v) is 8.65. The lowest BCUT2D eigenvalue weighted by Crippen LogP contribution is -2.48. The molecule has 0 aromatic heterocycles. The van der Waals surface area contributed by atoms with Crippen molar-refractivity contribution in [3.63, 3.8) is 0 Å². The van der Waals surface area contributed by atoms with E-state index in [0.717, 1.165) is 17.7 Å². The Labute approximate surface area is 156 Å². The smallest absolute Gasteiger partial charge is 0.416 e. The monoisotopic (exact) mass is 378 g/mol. The maximum Gasteiger partial charge on any atom is 0.416 e. The molecule has 1 aliphatic heterocycles. The van der Waals surface area contributed by atoms with E-state index < -0.39 is 11.7 Å². The Morgan fingerprint density at radius 2 is 1.74 bits per heavy atom. The van der Waals surface area contributed by atoms with E-state index in [1.54, 1.807) is 30.2 Å². The Hall–Kier alpha value is -2.70. The molecule has 0 N–H and O–H groups in total. The molecule has 144 valence electrons. The van der Waals surface area contributed by atoms with Gasteiger partial charge in [0.1, 0.15) is 5.75 Å². The summed E-state index contributed by atoms with van der Waals surface area (Å²) in [5, 5.41) is 0. The van der Waals surface area contributed by atoms with Crippen LogP contribution in [0.25, 0.3) is 0 Å². The number of methoxy groups -OCH3 is 1. The Kier molecular flexibility index (Phi) is 5.30. The van der Waals surface area contributed by atoms with Crippen LogP contribution in [0.5, 0.6) is 5.75 Å². The van der Waals surface area contributed by atoms with Crippen LogP contribution in [0.15, 0.2) is 42.5 Å². The van der Waals surface area contributed by atoms with Crippen molar-refractivity contribution in [2.24, 2.45) is 0 Å². The van der Waals surface area contributed by atoms with Gasteiger partial charge < -0.3 is 14.5 Å². The number of ether oxygens (including phenoxy) is 1. The number of halogens is 3. The number of hydrogen-bond donors (Lipinski definition) is 0. The fraction of sp³-hybridized carbons (Fsp3) is 0.350. The third-order valence-corrected chi connectivity index (χ3v) is 4.76. The van der Waals surface area contributed by atoms with Crippen molar-refractivity contribution in [2.45, 2.75) is 13.1 Å². The molecule has 0 atom stereocenters. The number of rotatable bonds is 3. The number of amides is 1. The minimum absolute atomic E-state index is 0.100. The Morgan fingerprint density at radius 3 is 2.37 bits per heavy atom. The third-order valence-electron chi connectivity index (χ3n) is 4.76. The van der Waals surface area contributed by atoms with Crippen LogP contribution in [-0.2, 0) is 6.18 Å². The van der Waals surface area contributed by atoms with Gasteiger partial charge in [-0.1, -0.05) is 12.1 Å². The van der Waals surface area contributed by atoms with Gasteiger partial charge in [0.2, 0.25) is 0 Å². The van der Waals surface area contributed by atoms with E-state index in [1.807, 2.05) is 17.9 Å². The number of carbonyl (C=O) groups excluding carboxylic acids is 1. The summed E-state index contributed by atoms with van der Waals surface area (Å²) in [5.74, 6) is 0.556. The fourth-order valence-electron chi connectivity index (χ4n) is 3.18. The van der Waals surface area contributed by atoms with Crippen LogP contribution in [-0.4, -0.2) is 44.1 Å². The number of carbonyl (C=O) groups is 1. The zero-order valence-electron chi connectivity index (χ0n) is 15.2. The van der Waals surface area contributed by atoms with E-state index >= 15 is 0 Å². The van der Waals surface area contributed by atoms with Gasteiger partial charge in [-0.05, 0) is 42.8 Å². The molecule has 0 aliphatic carbocycles. The molecule has 4 nitrogen and oxygen atoms in total. The summed E-state index contributed by atoms with van der Waals surface area (Å²) < 4.78 is 44.0. The topological polar surface area (TPSA) is 32.8 Å². The largest absolute Gasteiger partial charge is 0.496 e. The van der Waals surface area contributed by atoms with E-state index in [-0.39, 0.29) is 5.91 Å². The van der Waals surface area contributed by atoms with E-state index in [0.29, 0.717) is 43.2 Å². The second-order valence-electron chi connectivity index (χ2n) is 6.51. The first-order valence-electron chi connectivity index (χ1n) is 8.65. The van der Waals surface area contributed by atoms with E-state index in [9.17, 15) is 18.0 Å². The van der Waals surface area contributed by atoms with Gasteiger partial charge in [-0.3, -0.25) is 4.79 Å². The van der Waals surface area contributed by atoms with Gasteiger partial charge in [0.25, 0.3) is 5.91 Å². The minimum atomic E-state index is -4.36. The van der Waals surface area contributed by atoms with Gasteiger partial charge >= 0.3 is 6.18 Å². The van der Waals surface area contributed by atoms with Gasteiger partial charge in [0.05, 0.1) is 12.7 Å². The average molecular weight is 378 g/mol. The van der Waals surface area contributed by atoms with Crippen LogP contribution in [0.4, 0.5) is 18.9 Å². The van der Waals surface area contributed by atoms with Crippen LogP contribution in [0.3, 0.4) is 0 Å². The second-order valence-corrected chi connectivity index (χ2v) is 6.51. The summed E-state index contributed by atoms with van der Waals surface area (Å²) >= 11 is 0. The Balaban J connectivity index is 1.68. The molecule has 2 aromatic carbocycles. The summed E-state index contributed by atoms with van der Waals surface area (Å²) in [5.41, 5.74) is 1.35. The summed E-state index contributed by atoms with van der Waals surface area (Å²) in [7, 11) is 1.56. The zero-order valence-corrected chi connectivity index (χ0v) is 15.2.